The summed E-state index contributed by atoms with van der Waals surface area (Å²) in [7, 11) is -19.2. The summed E-state index contributed by atoms with van der Waals surface area (Å²) < 4.78 is 135. The molecule has 61 heavy (non-hydrogen) atoms. The Balaban J connectivity index is 1.06. The summed E-state index contributed by atoms with van der Waals surface area (Å²) in [5.74, 6) is 0.481. The molecule has 5 N–H and O–H groups in total. The fraction of sp³-hybridized carbons (Fsp3) is 0.0541. The van der Waals surface area contributed by atoms with Crippen molar-refractivity contribution in [2.75, 3.05) is 0 Å². The van der Waals surface area contributed by atoms with Gasteiger partial charge in [-0.3, -0.25) is 23.2 Å². The van der Waals surface area contributed by atoms with Gasteiger partial charge in [0.25, 0.3) is 40.5 Å². The highest BCUT2D eigenvalue weighted by Gasteiger charge is 2.23. The van der Waals surface area contributed by atoms with Crippen molar-refractivity contribution in [2.45, 2.75) is 32.4 Å². The first kappa shape index (κ1) is 42.6. The van der Waals surface area contributed by atoms with Crippen molar-refractivity contribution in [3.63, 3.8) is 0 Å². The van der Waals surface area contributed by atoms with Gasteiger partial charge < -0.3 is 0 Å². The van der Waals surface area contributed by atoms with Crippen molar-refractivity contribution in [1.29, 1.82) is 0 Å². The minimum absolute atomic E-state index is 0.133. The summed E-state index contributed by atoms with van der Waals surface area (Å²) in [6.45, 7) is 0. The Morgan fingerprint density at radius 1 is 0.443 bits per heavy atom. The number of nitrogens with one attached hydrogen (secondary N) is 1. The number of aromatic nitrogens is 3. The van der Waals surface area contributed by atoms with Gasteiger partial charge in [0.05, 0.1) is 22.7 Å². The van der Waals surface area contributed by atoms with E-state index in [2.05, 4.69) is 35.4 Å². The molecular formula is C37H27N7O13S4. The molecule has 6 aromatic carbocycles. The molecular weight excluding hydrogens is 879 g/mol. The maximum atomic E-state index is 12.5. The highest BCUT2D eigenvalue weighted by Crippen LogP contribution is 2.35. The maximum absolute atomic E-state index is 12.5. The summed E-state index contributed by atoms with van der Waals surface area (Å²) in [5, 5.41) is 15.4. The zero-order valence-electron chi connectivity index (χ0n) is 30.6. The second kappa shape index (κ2) is 16.2. The van der Waals surface area contributed by atoms with Gasteiger partial charge in [0.2, 0.25) is 0 Å². The van der Waals surface area contributed by atoms with Crippen molar-refractivity contribution in [2.24, 2.45) is 20.5 Å². The van der Waals surface area contributed by atoms with E-state index in [1.807, 2.05) is 0 Å². The summed E-state index contributed by atoms with van der Waals surface area (Å²) in [5.41, 5.74) is 1.03. The number of fused-ring (bicyclic) bond motifs is 2. The molecule has 24 heteroatoms. The molecule has 0 saturated carbocycles. The molecule has 1 heterocycles. The second-order valence-electron chi connectivity index (χ2n) is 13.1. The standard InChI is InChI=1S/C37H27N7O13S4/c45-37-39-35(15-21-7-11-23(12-8-21)41-43-25-17-29-27(33(19-25)60(52,53)54)3-1-5-31(29)58(46,47)48)38-36(40-37)16-22-9-13-24(14-10-22)42-44-26-18-30-28(34(20-26)61(55,56)57)4-2-6-32(30)59(49,50)51/h1-14,17-20H,15-16H2,(H,46,47,48)(H,49,50,51)(H,52,53,54)(H,55,56,57)(H,38,39,40,45). The van der Waals surface area contributed by atoms with Crippen molar-refractivity contribution in [3.8, 4) is 0 Å². The molecule has 0 amide bonds. The average Bonchev–Trinajstić information content (AvgIpc) is 3.17. The number of benzene rings is 6. The summed E-state index contributed by atoms with van der Waals surface area (Å²) >= 11 is 0. The first-order chi connectivity index (χ1) is 28.6. The van der Waals surface area contributed by atoms with Crippen molar-refractivity contribution in [3.05, 3.63) is 142 Å². The van der Waals surface area contributed by atoms with Gasteiger partial charge in [-0.15, -0.1) is 0 Å². The van der Waals surface area contributed by atoms with Gasteiger partial charge >= 0.3 is 5.69 Å². The molecule has 0 aliphatic carbocycles. The minimum Gasteiger partial charge on any atom is -0.294 e. The molecule has 20 nitrogen and oxygen atoms in total. The molecule has 0 unspecified atom stereocenters. The molecule has 7 aromatic rings. The molecule has 0 aliphatic heterocycles. The van der Waals surface area contributed by atoms with E-state index in [9.17, 15) is 56.7 Å². The lowest BCUT2D eigenvalue weighted by Crippen LogP contribution is -2.18. The summed E-state index contributed by atoms with van der Waals surface area (Å²) in [6, 6.07) is 24.3. The Hall–Kier alpha value is -6.51. The van der Waals surface area contributed by atoms with E-state index < -0.39 is 65.7 Å². The van der Waals surface area contributed by atoms with Crippen molar-refractivity contribution >= 4 is 84.8 Å². The van der Waals surface area contributed by atoms with Crippen LogP contribution < -0.4 is 5.69 Å². The molecule has 1 aromatic heterocycles. The van der Waals surface area contributed by atoms with Gasteiger partial charge in [-0.1, -0.05) is 48.5 Å². The van der Waals surface area contributed by atoms with Gasteiger partial charge in [-0.05, 0) is 71.8 Å². The Kier molecular flexibility index (Phi) is 11.3. The zero-order chi connectivity index (χ0) is 43.9. The van der Waals surface area contributed by atoms with Crippen LogP contribution in [0, 0.1) is 0 Å². The predicted molar refractivity (Wildman–Crippen MR) is 217 cm³/mol. The lowest BCUT2D eigenvalue weighted by atomic mass is 10.1. The van der Waals surface area contributed by atoms with Crippen LogP contribution in [0.25, 0.3) is 21.5 Å². The first-order valence-corrected chi connectivity index (χ1v) is 22.9. The van der Waals surface area contributed by atoms with Crippen LogP contribution in [0.1, 0.15) is 22.8 Å². The molecule has 312 valence electrons. The van der Waals surface area contributed by atoms with Gasteiger partial charge in [0.15, 0.2) is 0 Å². The minimum atomic E-state index is -4.84. The van der Waals surface area contributed by atoms with E-state index in [4.69, 9.17) is 0 Å². The zero-order valence-corrected chi connectivity index (χ0v) is 33.9. The Morgan fingerprint density at radius 2 is 0.836 bits per heavy atom. The Labute approximate surface area is 345 Å². The monoisotopic (exact) mass is 905 g/mol. The number of azo groups is 2. The largest absolute Gasteiger partial charge is 0.348 e. The van der Waals surface area contributed by atoms with Gasteiger partial charge in [-0.2, -0.15) is 59.1 Å². The van der Waals surface area contributed by atoms with Crippen LogP contribution >= 0.6 is 0 Å². The van der Waals surface area contributed by atoms with Crippen LogP contribution in [0.3, 0.4) is 0 Å². The van der Waals surface area contributed by atoms with E-state index in [1.54, 1.807) is 48.5 Å². The smallest absolute Gasteiger partial charge is 0.294 e. The summed E-state index contributed by atoms with van der Waals surface area (Å²) in [6.07, 6.45) is 0.302. The number of hydrogen-bond donors (Lipinski definition) is 5. The van der Waals surface area contributed by atoms with Crippen LogP contribution in [0.2, 0.25) is 0 Å². The molecule has 0 saturated heterocycles. The molecule has 0 aliphatic rings. The van der Waals surface area contributed by atoms with Crippen LogP contribution in [-0.2, 0) is 53.3 Å². The number of hydrogen-bond acceptors (Lipinski definition) is 15. The topological polar surface area (TPSA) is 326 Å². The quantitative estimate of drug-likeness (QED) is 0.0648. The fourth-order valence-electron chi connectivity index (χ4n) is 6.22. The van der Waals surface area contributed by atoms with Crippen LogP contribution in [0.15, 0.2) is 154 Å². The first-order valence-electron chi connectivity index (χ1n) is 17.1. The fourth-order valence-corrected chi connectivity index (χ4v) is 9.06. The van der Waals surface area contributed by atoms with Crippen molar-refractivity contribution in [1.82, 2.24) is 15.0 Å². The van der Waals surface area contributed by atoms with Crippen LogP contribution in [0.4, 0.5) is 22.7 Å². The van der Waals surface area contributed by atoms with E-state index in [0.717, 1.165) is 24.3 Å². The number of rotatable bonds is 12. The van der Waals surface area contributed by atoms with Gasteiger partial charge in [-0.25, -0.2) is 9.78 Å². The van der Waals surface area contributed by atoms with E-state index in [0.29, 0.717) is 22.5 Å². The van der Waals surface area contributed by atoms with Gasteiger partial charge in [0, 0.05) is 34.4 Å². The third kappa shape index (κ3) is 9.93. The molecule has 0 fully saturated rings. The number of nitrogens with zero attached hydrogens (tertiary/aromatic N) is 6. The third-order valence-corrected chi connectivity index (χ3v) is 12.4. The lowest BCUT2D eigenvalue weighted by Gasteiger charge is -2.08. The summed E-state index contributed by atoms with van der Waals surface area (Å²) in [4.78, 5) is 21.0. The third-order valence-electron chi connectivity index (χ3n) is 8.83. The maximum Gasteiger partial charge on any atom is 0.348 e. The predicted octanol–water partition coefficient (Wildman–Crippen LogP) is 6.47. The molecule has 0 radical (unpaired) electrons. The normalized spacial score (nSPS) is 12.9. The van der Waals surface area contributed by atoms with Crippen LogP contribution in [-0.4, -0.2) is 66.8 Å². The Bertz CT molecular complexity index is 3260. The molecule has 0 atom stereocenters. The van der Waals surface area contributed by atoms with Crippen molar-refractivity contribution < 1.29 is 51.9 Å². The van der Waals surface area contributed by atoms with Gasteiger partial charge in [0.1, 0.15) is 31.2 Å². The van der Waals surface area contributed by atoms with E-state index in [-0.39, 0.29) is 57.4 Å². The van der Waals surface area contributed by atoms with Crippen LogP contribution in [0.5, 0.6) is 0 Å². The molecule has 0 spiro atoms. The number of aromatic amines is 1. The highest BCUT2D eigenvalue weighted by molar-refractivity contribution is 7.87. The Morgan fingerprint density at radius 3 is 1.25 bits per heavy atom. The average molecular weight is 906 g/mol. The lowest BCUT2D eigenvalue weighted by molar-refractivity contribution is 0.481. The van der Waals surface area contributed by atoms with E-state index in [1.165, 1.54) is 36.4 Å². The second-order valence-corrected chi connectivity index (χ2v) is 18.7. The molecule has 7 rings (SSSR count). The van der Waals surface area contributed by atoms with E-state index >= 15 is 0 Å². The number of H-pyrrole nitrogens is 1. The molecule has 0 bridgehead atoms. The highest BCUT2D eigenvalue weighted by atomic mass is 32.2. The SMILES string of the molecule is O=c1nc(Cc2ccc(N=Nc3cc(S(=O)(=O)O)c4cccc(S(=O)(=O)O)c4c3)cc2)nc(Cc2ccc(N=Nc3cc(S(=O)(=O)O)c4cccc(S(=O)(=O)O)c4c3)cc2)[nH]1.